The molecule has 4 saturated carbocycles. The molecule has 348 valence electrons. The molecule has 0 aromatic heterocycles. The van der Waals surface area contributed by atoms with Gasteiger partial charge in [-0.05, 0) is 118 Å². The second kappa shape index (κ2) is 16.8. The topological polar surface area (TPSA) is 229 Å². The van der Waals surface area contributed by atoms with Crippen LogP contribution in [0.25, 0.3) is 0 Å². The summed E-state index contributed by atoms with van der Waals surface area (Å²) in [4.78, 5) is 0. The maximum Gasteiger partial charge on any atom is 0.187 e. The van der Waals surface area contributed by atoms with Crippen LogP contribution in [0, 0.1) is 52.3 Å². The minimum absolute atomic E-state index is 0.0260. The Morgan fingerprint density at radius 2 is 1.38 bits per heavy atom. The molecule has 0 radical (unpaired) electrons. The molecular weight excluding hydrogens is 790 g/mol. The molecule has 4 saturated heterocycles. The molecule has 61 heavy (non-hydrogen) atoms. The van der Waals surface area contributed by atoms with Crippen molar-refractivity contribution in [1.82, 2.24) is 5.32 Å². The molecule has 26 atom stereocenters. The third kappa shape index (κ3) is 7.44. The monoisotopic (exact) mass is 866 g/mol. The number of fused-ring (bicyclic) bond motifs is 7. The first kappa shape index (κ1) is 45.3. The fourth-order valence-corrected chi connectivity index (χ4v) is 14.6. The van der Waals surface area contributed by atoms with E-state index in [9.17, 15) is 40.9 Å². The molecule has 9 aliphatic rings. The van der Waals surface area contributed by atoms with Gasteiger partial charge in [-0.25, -0.2) is 0 Å². The van der Waals surface area contributed by atoms with Gasteiger partial charge >= 0.3 is 0 Å². The zero-order valence-electron chi connectivity index (χ0n) is 36.9. The van der Waals surface area contributed by atoms with Crippen LogP contribution >= 0.6 is 0 Å². The molecule has 8 fully saturated rings. The number of hydrogen-bond acceptors (Lipinski definition) is 15. The van der Waals surface area contributed by atoms with E-state index in [1.807, 2.05) is 0 Å². The lowest BCUT2D eigenvalue weighted by molar-refractivity contribution is -0.359. The van der Waals surface area contributed by atoms with E-state index in [4.69, 9.17) is 28.4 Å². The summed E-state index contributed by atoms with van der Waals surface area (Å²) >= 11 is 0. The van der Waals surface area contributed by atoms with E-state index in [0.717, 1.165) is 38.6 Å². The Bertz CT molecular complexity index is 1600. The van der Waals surface area contributed by atoms with Crippen molar-refractivity contribution in [2.45, 2.75) is 210 Å². The van der Waals surface area contributed by atoms with Crippen LogP contribution in [0.3, 0.4) is 0 Å². The molecule has 4 heterocycles. The first-order valence-corrected chi connectivity index (χ1v) is 23.7. The smallest absolute Gasteiger partial charge is 0.187 e. The molecular formula is C46H75NO14. The van der Waals surface area contributed by atoms with Crippen molar-refractivity contribution in [2.75, 3.05) is 13.2 Å². The summed E-state index contributed by atoms with van der Waals surface area (Å²) in [6.45, 7) is 13.5. The van der Waals surface area contributed by atoms with E-state index in [1.54, 1.807) is 6.92 Å². The fraction of sp³-hybridized carbons (Fsp3) is 0.957. The highest BCUT2D eigenvalue weighted by Gasteiger charge is 2.68. The maximum absolute atomic E-state index is 11.7. The Balaban J connectivity index is 0.937. The highest BCUT2D eigenvalue weighted by Crippen LogP contribution is 2.70. The summed E-state index contributed by atoms with van der Waals surface area (Å²) in [5.74, 6) is 2.77. The van der Waals surface area contributed by atoms with E-state index >= 15 is 0 Å². The van der Waals surface area contributed by atoms with Crippen molar-refractivity contribution in [2.24, 2.45) is 52.3 Å². The lowest BCUT2D eigenvalue weighted by Gasteiger charge is -2.59. The Morgan fingerprint density at radius 1 is 0.721 bits per heavy atom. The summed E-state index contributed by atoms with van der Waals surface area (Å²) in [5.41, 5.74) is 1.51. The van der Waals surface area contributed by atoms with Crippen LogP contribution < -0.4 is 5.32 Å². The molecule has 15 heteroatoms. The van der Waals surface area contributed by atoms with Gasteiger partial charge in [-0.2, -0.15) is 0 Å². The van der Waals surface area contributed by atoms with Crippen LogP contribution in [-0.4, -0.2) is 158 Å². The van der Waals surface area contributed by atoms with Gasteiger partial charge in [-0.15, -0.1) is 0 Å². The van der Waals surface area contributed by atoms with Crippen LogP contribution in [-0.2, 0) is 28.4 Å². The van der Waals surface area contributed by atoms with Crippen LogP contribution in [0.5, 0.6) is 0 Å². The molecule has 22 unspecified atom stereocenters. The van der Waals surface area contributed by atoms with Crippen LogP contribution in [0.4, 0.5) is 0 Å². The number of aliphatic hydroxyl groups is 8. The summed E-state index contributed by atoms with van der Waals surface area (Å²) in [6, 6.07) is 0. The van der Waals surface area contributed by atoms with Gasteiger partial charge in [0.15, 0.2) is 12.6 Å². The highest BCUT2D eigenvalue weighted by atomic mass is 16.7. The van der Waals surface area contributed by atoms with E-state index in [-0.39, 0.29) is 29.1 Å². The lowest BCUT2D eigenvalue weighted by Crippen LogP contribution is -2.65. The highest BCUT2D eigenvalue weighted by molar-refractivity contribution is 5.27. The minimum atomic E-state index is -1.69. The second-order valence-electron chi connectivity index (χ2n) is 21.7. The van der Waals surface area contributed by atoms with E-state index < -0.39 is 98.4 Å². The van der Waals surface area contributed by atoms with Gasteiger partial charge in [0.25, 0.3) is 0 Å². The summed E-state index contributed by atoms with van der Waals surface area (Å²) in [7, 11) is 0. The Labute approximate surface area is 360 Å². The molecule has 0 aromatic carbocycles. The SMILES string of the molecule is CC1OC(OC2C(OC3CC[C@@]4(C)C(=CCC5C6CC7OC8(CC[C@@H](C)CN8)[C@@H](C)C7[C@@]6(C)CCC54)C3)CC(CO)C(O)C2OC2OC(C)C(O)C(O)C2O)C(O)C(O)C1O. The molecule has 5 aliphatic carbocycles. The summed E-state index contributed by atoms with van der Waals surface area (Å²) < 4.78 is 38.4. The van der Waals surface area contributed by atoms with Gasteiger partial charge in [-0.1, -0.05) is 39.3 Å². The average Bonchev–Trinajstić information content (AvgIpc) is 3.69. The predicted octanol–water partition coefficient (Wildman–Crippen LogP) is 1.48. The number of nitrogens with one attached hydrogen (secondary N) is 1. The zero-order valence-corrected chi connectivity index (χ0v) is 36.9. The first-order chi connectivity index (χ1) is 28.9. The summed E-state index contributed by atoms with van der Waals surface area (Å²) in [6.07, 6.45) is -6.79. The number of hydrogen-bond donors (Lipinski definition) is 9. The van der Waals surface area contributed by atoms with Crippen molar-refractivity contribution in [3.05, 3.63) is 11.6 Å². The van der Waals surface area contributed by atoms with Gasteiger partial charge in [0.1, 0.15) is 54.6 Å². The molecule has 9 rings (SSSR count). The van der Waals surface area contributed by atoms with E-state index in [0.29, 0.717) is 48.0 Å². The second-order valence-corrected chi connectivity index (χ2v) is 21.7. The largest absolute Gasteiger partial charge is 0.396 e. The molecule has 15 nitrogen and oxygen atoms in total. The van der Waals surface area contributed by atoms with Crippen LogP contribution in [0.1, 0.15) is 106 Å². The fourth-order valence-electron chi connectivity index (χ4n) is 14.6. The van der Waals surface area contributed by atoms with E-state index in [1.165, 1.54) is 31.8 Å². The van der Waals surface area contributed by atoms with Gasteiger partial charge in [0.05, 0.1) is 36.6 Å². The van der Waals surface area contributed by atoms with Gasteiger partial charge in [0.2, 0.25) is 0 Å². The molecule has 1 spiro atoms. The van der Waals surface area contributed by atoms with Crippen molar-refractivity contribution in [3.63, 3.8) is 0 Å². The molecule has 9 N–H and O–H groups in total. The van der Waals surface area contributed by atoms with Crippen molar-refractivity contribution in [3.8, 4) is 0 Å². The first-order valence-electron chi connectivity index (χ1n) is 23.7. The molecule has 0 bridgehead atoms. The number of aliphatic hydroxyl groups excluding tert-OH is 8. The van der Waals surface area contributed by atoms with Crippen LogP contribution in [0.2, 0.25) is 0 Å². The van der Waals surface area contributed by atoms with Crippen molar-refractivity contribution < 1.29 is 69.3 Å². The molecule has 0 amide bonds. The van der Waals surface area contributed by atoms with Gasteiger partial charge in [-0.3, -0.25) is 5.32 Å². The third-order valence-corrected chi connectivity index (χ3v) is 18.4. The Morgan fingerprint density at radius 3 is 2.00 bits per heavy atom. The number of piperidine rings is 1. The van der Waals surface area contributed by atoms with Gasteiger partial charge in [0, 0.05) is 25.0 Å². The minimum Gasteiger partial charge on any atom is -0.396 e. The number of rotatable bonds is 7. The Kier molecular flexibility index (Phi) is 12.5. The molecule has 4 aliphatic heterocycles. The van der Waals surface area contributed by atoms with Crippen molar-refractivity contribution in [1.29, 1.82) is 0 Å². The zero-order chi connectivity index (χ0) is 43.5. The normalized spacial score (nSPS) is 58.4. The predicted molar refractivity (Wildman–Crippen MR) is 218 cm³/mol. The number of ether oxygens (including phenoxy) is 6. The standard InChI is InChI=1S/C46H75NO14/c1-20-9-14-46(47-18-20)21(2)32-30(61-46)17-29-27-8-7-25-16-26(10-12-44(25,5)28(27)11-13-45(29,32)6)58-31-15-24(19-48)35(51)41(60-43-39(55)37(53)34(50)23(4)57-43)40(31)59-42-38(54)36(52)33(49)22(3)56-42/h7,20-24,26-43,47-55H,8-19H2,1-6H3/t20-,21+,22?,23?,24?,26?,27?,28?,29?,30?,31?,32?,33?,34?,35?,36?,37?,38?,39?,40?,41?,42?,43?,44+,45+,46?/m1/s1. The van der Waals surface area contributed by atoms with Crippen molar-refractivity contribution >= 4 is 0 Å². The number of allylic oxidation sites excluding steroid dienone is 1. The molecule has 0 aromatic rings. The third-order valence-electron chi connectivity index (χ3n) is 18.4. The summed E-state index contributed by atoms with van der Waals surface area (Å²) in [5, 5.41) is 90.2. The lowest BCUT2D eigenvalue weighted by atomic mass is 9.47. The average molecular weight is 866 g/mol. The maximum atomic E-state index is 11.7. The van der Waals surface area contributed by atoms with Crippen LogP contribution in [0.15, 0.2) is 11.6 Å². The quantitative estimate of drug-likeness (QED) is 0.165. The Hall–Kier alpha value is -0.860. The van der Waals surface area contributed by atoms with E-state index in [2.05, 4.69) is 39.1 Å². The van der Waals surface area contributed by atoms with Gasteiger partial charge < -0.3 is 69.3 Å².